The van der Waals surface area contributed by atoms with E-state index in [4.69, 9.17) is 0 Å². The van der Waals surface area contributed by atoms with Crippen LogP contribution in [-0.4, -0.2) is 12.3 Å². The molecule has 0 bridgehead atoms. The van der Waals surface area contributed by atoms with Crippen LogP contribution in [0.5, 0.6) is 0 Å². The molecule has 17 heavy (non-hydrogen) atoms. The lowest BCUT2D eigenvalue weighted by Crippen LogP contribution is -2.24. The number of nitrogens with one attached hydrogen (secondary N) is 1. The van der Waals surface area contributed by atoms with Crippen LogP contribution in [0.1, 0.15) is 44.6 Å². The molecule has 1 aromatic rings. The Morgan fingerprint density at radius 1 is 1.47 bits per heavy atom. The third kappa shape index (κ3) is 2.68. The van der Waals surface area contributed by atoms with E-state index in [1.165, 1.54) is 5.56 Å². The van der Waals surface area contributed by atoms with Crippen LogP contribution in [-0.2, 0) is 4.79 Å². The Labute approximate surface area is 103 Å². The van der Waals surface area contributed by atoms with Crippen molar-refractivity contribution >= 4 is 11.5 Å². The molecule has 1 aliphatic heterocycles. The SMILES string of the molecule is CCC(C)CC(=O)C1CCNc2ccccc21. The van der Waals surface area contributed by atoms with Gasteiger partial charge in [-0.05, 0) is 24.0 Å². The van der Waals surface area contributed by atoms with Gasteiger partial charge in [-0.15, -0.1) is 0 Å². The Bertz CT molecular complexity index is 400. The van der Waals surface area contributed by atoms with Crippen LogP contribution >= 0.6 is 0 Å². The predicted octanol–water partition coefficient (Wildman–Crippen LogP) is 3.59. The molecule has 1 aliphatic rings. The first-order chi connectivity index (χ1) is 8.22. The van der Waals surface area contributed by atoms with Crippen molar-refractivity contribution < 1.29 is 4.79 Å². The quantitative estimate of drug-likeness (QED) is 0.858. The molecule has 0 amide bonds. The number of benzene rings is 1. The molecule has 0 saturated heterocycles. The van der Waals surface area contributed by atoms with Crippen molar-refractivity contribution in [2.24, 2.45) is 5.92 Å². The van der Waals surface area contributed by atoms with Crippen molar-refractivity contribution in [2.75, 3.05) is 11.9 Å². The molecule has 0 aliphatic carbocycles. The molecule has 2 nitrogen and oxygen atoms in total. The molecule has 1 N–H and O–H groups in total. The standard InChI is InChI=1S/C15H21NO/c1-3-11(2)10-15(17)13-8-9-16-14-7-5-4-6-12(13)14/h4-7,11,13,16H,3,8-10H2,1-2H3. The second-order valence-electron chi connectivity index (χ2n) is 5.04. The summed E-state index contributed by atoms with van der Waals surface area (Å²) in [6.07, 6.45) is 2.74. The molecular formula is C15H21NO. The van der Waals surface area contributed by atoms with Gasteiger partial charge in [0.25, 0.3) is 0 Å². The summed E-state index contributed by atoms with van der Waals surface area (Å²) in [5, 5.41) is 3.36. The fourth-order valence-corrected chi connectivity index (χ4v) is 2.43. The first kappa shape index (κ1) is 12.2. The molecule has 1 heterocycles. The summed E-state index contributed by atoms with van der Waals surface area (Å²) in [6.45, 7) is 5.22. The zero-order chi connectivity index (χ0) is 12.3. The maximum Gasteiger partial charge on any atom is 0.140 e. The Balaban J connectivity index is 2.15. The Hall–Kier alpha value is -1.31. The second kappa shape index (κ2) is 5.35. The van der Waals surface area contributed by atoms with E-state index >= 15 is 0 Å². The van der Waals surface area contributed by atoms with Crippen LogP contribution in [0.3, 0.4) is 0 Å². The average Bonchev–Trinajstić information content (AvgIpc) is 2.37. The van der Waals surface area contributed by atoms with Gasteiger partial charge >= 0.3 is 0 Å². The normalized spacial score (nSPS) is 20.2. The summed E-state index contributed by atoms with van der Waals surface area (Å²) >= 11 is 0. The van der Waals surface area contributed by atoms with E-state index in [-0.39, 0.29) is 5.92 Å². The zero-order valence-corrected chi connectivity index (χ0v) is 10.7. The summed E-state index contributed by atoms with van der Waals surface area (Å²) < 4.78 is 0. The van der Waals surface area contributed by atoms with Crippen LogP contribution < -0.4 is 5.32 Å². The first-order valence-corrected chi connectivity index (χ1v) is 6.58. The highest BCUT2D eigenvalue weighted by Gasteiger charge is 2.26. The molecule has 92 valence electrons. The minimum Gasteiger partial charge on any atom is -0.385 e. The van der Waals surface area contributed by atoms with Gasteiger partial charge in [0.15, 0.2) is 0 Å². The number of anilines is 1. The molecule has 0 aromatic heterocycles. The highest BCUT2D eigenvalue weighted by atomic mass is 16.1. The molecule has 2 rings (SSSR count). The summed E-state index contributed by atoms with van der Waals surface area (Å²) in [6, 6.07) is 8.20. The number of hydrogen-bond donors (Lipinski definition) is 1. The van der Waals surface area contributed by atoms with E-state index in [0.717, 1.165) is 31.5 Å². The van der Waals surface area contributed by atoms with Crippen molar-refractivity contribution in [1.82, 2.24) is 0 Å². The van der Waals surface area contributed by atoms with Gasteiger partial charge in [0.1, 0.15) is 5.78 Å². The monoisotopic (exact) mass is 231 g/mol. The number of fused-ring (bicyclic) bond motifs is 1. The van der Waals surface area contributed by atoms with Crippen molar-refractivity contribution in [3.05, 3.63) is 29.8 Å². The topological polar surface area (TPSA) is 29.1 Å². The van der Waals surface area contributed by atoms with E-state index in [1.807, 2.05) is 12.1 Å². The number of para-hydroxylation sites is 1. The van der Waals surface area contributed by atoms with Crippen LogP contribution in [0.25, 0.3) is 0 Å². The second-order valence-corrected chi connectivity index (χ2v) is 5.04. The van der Waals surface area contributed by atoms with Gasteiger partial charge < -0.3 is 5.32 Å². The van der Waals surface area contributed by atoms with Gasteiger partial charge in [-0.1, -0.05) is 38.5 Å². The number of carbonyl (C=O) groups is 1. The largest absolute Gasteiger partial charge is 0.385 e. The average molecular weight is 231 g/mol. The van der Waals surface area contributed by atoms with Gasteiger partial charge in [0.2, 0.25) is 0 Å². The van der Waals surface area contributed by atoms with Crippen molar-refractivity contribution in [2.45, 2.75) is 39.0 Å². The summed E-state index contributed by atoms with van der Waals surface area (Å²) in [5.74, 6) is 1.03. The molecule has 0 fully saturated rings. The number of ketones is 1. The highest BCUT2D eigenvalue weighted by Crippen LogP contribution is 2.33. The first-order valence-electron chi connectivity index (χ1n) is 6.58. The van der Waals surface area contributed by atoms with E-state index in [0.29, 0.717) is 11.7 Å². The lowest BCUT2D eigenvalue weighted by atomic mass is 9.84. The molecule has 2 heteroatoms. The number of carbonyl (C=O) groups excluding carboxylic acids is 1. The Morgan fingerprint density at radius 3 is 3.00 bits per heavy atom. The third-order valence-corrected chi connectivity index (χ3v) is 3.72. The van der Waals surface area contributed by atoms with Gasteiger partial charge in [0, 0.05) is 24.6 Å². The fourth-order valence-electron chi connectivity index (χ4n) is 2.43. The van der Waals surface area contributed by atoms with Crippen molar-refractivity contribution in [3.63, 3.8) is 0 Å². The zero-order valence-electron chi connectivity index (χ0n) is 10.7. The predicted molar refractivity (Wildman–Crippen MR) is 71.4 cm³/mol. The minimum atomic E-state index is 0.112. The van der Waals surface area contributed by atoms with Crippen LogP contribution in [0.15, 0.2) is 24.3 Å². The lowest BCUT2D eigenvalue weighted by Gasteiger charge is -2.26. The van der Waals surface area contributed by atoms with E-state index in [9.17, 15) is 4.79 Å². The number of rotatable bonds is 4. The van der Waals surface area contributed by atoms with Crippen molar-refractivity contribution in [3.8, 4) is 0 Å². The van der Waals surface area contributed by atoms with Gasteiger partial charge in [-0.3, -0.25) is 4.79 Å². The van der Waals surface area contributed by atoms with Gasteiger partial charge in [0.05, 0.1) is 0 Å². The Kier molecular flexibility index (Phi) is 3.82. The molecular weight excluding hydrogens is 210 g/mol. The van der Waals surface area contributed by atoms with Crippen molar-refractivity contribution in [1.29, 1.82) is 0 Å². The number of hydrogen-bond acceptors (Lipinski definition) is 2. The summed E-state index contributed by atoms with van der Waals surface area (Å²) in [7, 11) is 0. The van der Waals surface area contributed by atoms with Gasteiger partial charge in [-0.2, -0.15) is 0 Å². The molecule has 0 radical (unpaired) electrons. The van der Waals surface area contributed by atoms with E-state index < -0.39 is 0 Å². The highest BCUT2D eigenvalue weighted by molar-refractivity contribution is 5.88. The molecule has 0 saturated carbocycles. The van der Waals surface area contributed by atoms with Gasteiger partial charge in [-0.25, -0.2) is 0 Å². The number of Topliss-reactive ketones (excluding diaryl/α,β-unsaturated/α-hetero) is 1. The molecule has 2 atom stereocenters. The van der Waals surface area contributed by atoms with Crippen LogP contribution in [0, 0.1) is 5.92 Å². The molecule has 2 unspecified atom stereocenters. The fraction of sp³-hybridized carbons (Fsp3) is 0.533. The lowest BCUT2D eigenvalue weighted by molar-refractivity contribution is -0.121. The Morgan fingerprint density at radius 2 is 2.24 bits per heavy atom. The maximum absolute atomic E-state index is 12.3. The van der Waals surface area contributed by atoms with Crippen LogP contribution in [0.2, 0.25) is 0 Å². The summed E-state index contributed by atoms with van der Waals surface area (Å²) in [4.78, 5) is 12.3. The summed E-state index contributed by atoms with van der Waals surface area (Å²) in [5.41, 5.74) is 2.33. The van der Waals surface area contributed by atoms with Crippen LogP contribution in [0.4, 0.5) is 5.69 Å². The molecule has 1 aromatic carbocycles. The smallest absolute Gasteiger partial charge is 0.140 e. The van der Waals surface area contributed by atoms with E-state index in [2.05, 4.69) is 31.3 Å². The third-order valence-electron chi connectivity index (χ3n) is 3.72. The van der Waals surface area contributed by atoms with E-state index in [1.54, 1.807) is 0 Å². The minimum absolute atomic E-state index is 0.112. The molecule has 0 spiro atoms. The maximum atomic E-state index is 12.3.